The zero-order valence-corrected chi connectivity index (χ0v) is 19.6. The predicted molar refractivity (Wildman–Crippen MR) is 125 cm³/mol. The van der Waals surface area contributed by atoms with Crippen LogP contribution in [0.15, 0.2) is 58.2 Å². The molecule has 1 unspecified atom stereocenters. The molecular formula is C25H24ClNO7. The molecule has 9 heteroatoms. The van der Waals surface area contributed by atoms with Crippen LogP contribution in [0.4, 0.5) is 0 Å². The van der Waals surface area contributed by atoms with E-state index in [4.69, 9.17) is 25.5 Å². The molecular weight excluding hydrogens is 462 g/mol. The topological polar surface area (TPSA) is 109 Å². The Hall–Kier alpha value is -3.49. The number of carbonyl (C=O) groups is 2. The van der Waals surface area contributed by atoms with E-state index in [9.17, 15) is 19.8 Å². The highest BCUT2D eigenvalue weighted by Crippen LogP contribution is 2.41. The Morgan fingerprint density at radius 3 is 2.65 bits per heavy atom. The molecule has 1 amide bonds. The number of Topliss-reactive ketones (excluding diaryl/α,β-unsaturated/α-hetero) is 1. The average Bonchev–Trinajstić information content (AvgIpc) is 3.32. The van der Waals surface area contributed by atoms with Gasteiger partial charge in [0.05, 0.1) is 31.4 Å². The van der Waals surface area contributed by atoms with Gasteiger partial charge in [-0.3, -0.25) is 9.59 Å². The quantitative estimate of drug-likeness (QED) is 0.441. The van der Waals surface area contributed by atoms with Gasteiger partial charge in [-0.15, -0.1) is 0 Å². The van der Waals surface area contributed by atoms with Crippen LogP contribution in [0.2, 0.25) is 5.02 Å². The number of hydrogen-bond donors (Lipinski definition) is 2. The molecule has 0 bridgehead atoms. The number of phenols is 1. The van der Waals surface area contributed by atoms with Crippen molar-refractivity contribution in [2.75, 3.05) is 20.3 Å². The van der Waals surface area contributed by atoms with Crippen molar-refractivity contribution in [1.29, 1.82) is 0 Å². The number of aliphatic hydroxyl groups excluding tert-OH is 1. The van der Waals surface area contributed by atoms with Crippen molar-refractivity contribution < 1.29 is 33.7 Å². The summed E-state index contributed by atoms with van der Waals surface area (Å²) in [5, 5.41) is 21.7. The molecule has 178 valence electrons. The first kappa shape index (κ1) is 23.7. The Morgan fingerprint density at radius 1 is 1.21 bits per heavy atom. The zero-order chi connectivity index (χ0) is 24.6. The summed E-state index contributed by atoms with van der Waals surface area (Å²) in [6.07, 6.45) is -0.0584. The van der Waals surface area contributed by atoms with Crippen molar-refractivity contribution in [2.45, 2.75) is 26.0 Å². The summed E-state index contributed by atoms with van der Waals surface area (Å²) in [5.74, 6) is -1.82. The molecule has 1 aliphatic rings. The maximum atomic E-state index is 13.6. The Morgan fingerprint density at radius 2 is 1.97 bits per heavy atom. The summed E-state index contributed by atoms with van der Waals surface area (Å²) in [7, 11) is 1.45. The van der Waals surface area contributed by atoms with E-state index in [1.54, 1.807) is 24.3 Å². The van der Waals surface area contributed by atoms with Crippen molar-refractivity contribution >= 4 is 34.3 Å². The first-order valence-corrected chi connectivity index (χ1v) is 11.1. The number of aliphatic hydroxyl groups is 1. The van der Waals surface area contributed by atoms with Gasteiger partial charge in [0.15, 0.2) is 22.9 Å². The number of amides is 1. The van der Waals surface area contributed by atoms with E-state index in [1.165, 1.54) is 30.2 Å². The number of fused-ring (bicyclic) bond motifs is 1. The molecule has 4 rings (SSSR count). The number of carbonyl (C=O) groups excluding carboxylic acids is 2. The number of ketones is 1. The smallest absolute Gasteiger partial charge is 0.290 e. The van der Waals surface area contributed by atoms with Crippen molar-refractivity contribution in [3.8, 4) is 11.5 Å². The minimum Gasteiger partial charge on any atom is -0.508 e. The van der Waals surface area contributed by atoms with Gasteiger partial charge >= 0.3 is 0 Å². The van der Waals surface area contributed by atoms with Gasteiger partial charge in [-0.25, -0.2) is 0 Å². The van der Waals surface area contributed by atoms with Gasteiger partial charge in [0.2, 0.25) is 5.78 Å². The maximum absolute atomic E-state index is 13.6. The molecule has 3 aromatic rings. The fourth-order valence-electron chi connectivity index (χ4n) is 4.03. The second kappa shape index (κ2) is 9.40. The lowest BCUT2D eigenvalue weighted by molar-refractivity contribution is -0.130. The first-order chi connectivity index (χ1) is 16.2. The van der Waals surface area contributed by atoms with Crippen molar-refractivity contribution in [2.24, 2.45) is 0 Å². The Balaban J connectivity index is 1.78. The second-order valence-electron chi connectivity index (χ2n) is 8.14. The Kier molecular flexibility index (Phi) is 6.54. The third-order valence-electron chi connectivity index (χ3n) is 5.51. The summed E-state index contributed by atoms with van der Waals surface area (Å²) >= 11 is 6.13. The van der Waals surface area contributed by atoms with Crippen molar-refractivity contribution in [3.63, 3.8) is 0 Å². The van der Waals surface area contributed by atoms with Gasteiger partial charge in [-0.05, 0) is 43.7 Å². The third-order valence-corrected chi connectivity index (χ3v) is 5.73. The van der Waals surface area contributed by atoms with Gasteiger partial charge in [-0.2, -0.15) is 0 Å². The van der Waals surface area contributed by atoms with Crippen LogP contribution in [0.25, 0.3) is 11.0 Å². The van der Waals surface area contributed by atoms with E-state index in [2.05, 4.69) is 0 Å². The maximum Gasteiger partial charge on any atom is 0.290 e. The van der Waals surface area contributed by atoms with Gasteiger partial charge in [0.25, 0.3) is 5.91 Å². The first-order valence-electron chi connectivity index (χ1n) is 10.7. The van der Waals surface area contributed by atoms with Crippen LogP contribution in [0.5, 0.6) is 11.5 Å². The summed E-state index contributed by atoms with van der Waals surface area (Å²) in [6, 6.07) is 9.92. The summed E-state index contributed by atoms with van der Waals surface area (Å²) in [5.41, 5.74) is 0.627. The Labute approximate surface area is 200 Å². The number of hydrogen-bond acceptors (Lipinski definition) is 7. The molecule has 1 aliphatic heterocycles. The fourth-order valence-corrected chi connectivity index (χ4v) is 4.24. The molecule has 8 nitrogen and oxygen atoms in total. The summed E-state index contributed by atoms with van der Waals surface area (Å²) in [4.78, 5) is 27.9. The minimum atomic E-state index is -0.943. The second-order valence-corrected chi connectivity index (χ2v) is 8.58. The number of nitrogens with zero attached hydrogens (tertiary/aromatic N) is 1. The number of rotatable bonds is 8. The van der Waals surface area contributed by atoms with Crippen LogP contribution in [-0.4, -0.2) is 53.2 Å². The lowest BCUT2D eigenvalue weighted by atomic mass is 9.95. The number of halogens is 1. The number of methoxy groups -OCH3 is 1. The van der Waals surface area contributed by atoms with Gasteiger partial charge in [0.1, 0.15) is 5.75 Å². The lowest BCUT2D eigenvalue weighted by Crippen LogP contribution is -2.34. The van der Waals surface area contributed by atoms with E-state index < -0.39 is 23.5 Å². The summed E-state index contributed by atoms with van der Waals surface area (Å²) < 4.78 is 16.6. The fraction of sp³-hybridized carbons (Fsp3) is 0.280. The number of ether oxygens (including phenoxy) is 2. The Bertz CT molecular complexity index is 1290. The highest BCUT2D eigenvalue weighted by atomic mass is 35.5. The van der Waals surface area contributed by atoms with Gasteiger partial charge in [-0.1, -0.05) is 23.7 Å². The van der Waals surface area contributed by atoms with E-state index in [0.29, 0.717) is 27.3 Å². The van der Waals surface area contributed by atoms with Crippen LogP contribution in [0.3, 0.4) is 0 Å². The predicted octanol–water partition coefficient (Wildman–Crippen LogP) is 4.80. The number of phenolic OH excluding ortho intramolecular Hbond substituents is 1. The third kappa shape index (κ3) is 4.34. The SMILES string of the molecule is COc1cc(Cl)cc2cc(C(=O)C3=C(O)C(=O)N(CCOC(C)C)C3c3cccc(O)c3)oc12. The molecule has 0 aliphatic carbocycles. The molecule has 2 aromatic carbocycles. The highest BCUT2D eigenvalue weighted by molar-refractivity contribution is 6.31. The van der Waals surface area contributed by atoms with E-state index >= 15 is 0 Å². The standard InChI is InChI=1S/C25H24ClNO7/c1-13(2)33-8-7-27-21(14-5-4-6-17(28)10-14)20(23(30)25(27)31)22(29)18-11-15-9-16(26)12-19(32-3)24(15)34-18/h4-6,9-13,21,28,30H,7-8H2,1-3H3. The van der Waals surface area contributed by atoms with Crippen LogP contribution >= 0.6 is 11.6 Å². The minimum absolute atomic E-state index is 0.0374. The van der Waals surface area contributed by atoms with Gasteiger partial charge in [0, 0.05) is 23.0 Å². The molecule has 0 saturated heterocycles. The molecule has 0 radical (unpaired) electrons. The number of aromatic hydroxyl groups is 1. The molecule has 0 spiro atoms. The normalized spacial score (nSPS) is 16.2. The summed E-state index contributed by atoms with van der Waals surface area (Å²) in [6.45, 7) is 4.06. The van der Waals surface area contributed by atoms with E-state index in [1.807, 2.05) is 13.8 Å². The van der Waals surface area contributed by atoms with Crippen LogP contribution < -0.4 is 4.74 Å². The molecule has 0 fully saturated rings. The van der Waals surface area contributed by atoms with E-state index in [0.717, 1.165) is 0 Å². The number of benzene rings is 2. The zero-order valence-electron chi connectivity index (χ0n) is 18.9. The van der Waals surface area contributed by atoms with E-state index in [-0.39, 0.29) is 36.3 Å². The molecule has 2 heterocycles. The monoisotopic (exact) mass is 485 g/mol. The van der Waals surface area contributed by atoms with Gasteiger partial charge < -0.3 is 29.0 Å². The molecule has 1 atom stereocenters. The number of furan rings is 1. The molecule has 34 heavy (non-hydrogen) atoms. The highest BCUT2D eigenvalue weighted by Gasteiger charge is 2.44. The lowest BCUT2D eigenvalue weighted by Gasteiger charge is -2.27. The molecule has 2 N–H and O–H groups in total. The van der Waals surface area contributed by atoms with Crippen LogP contribution in [-0.2, 0) is 9.53 Å². The largest absolute Gasteiger partial charge is 0.508 e. The molecule has 1 aromatic heterocycles. The van der Waals surface area contributed by atoms with Crippen LogP contribution in [0.1, 0.15) is 36.0 Å². The van der Waals surface area contributed by atoms with Crippen LogP contribution in [0, 0.1) is 0 Å². The average molecular weight is 486 g/mol. The van der Waals surface area contributed by atoms with Crippen molar-refractivity contribution in [3.05, 3.63) is 70.1 Å². The van der Waals surface area contributed by atoms with Crippen molar-refractivity contribution in [1.82, 2.24) is 4.90 Å². The molecule has 0 saturated carbocycles.